The summed E-state index contributed by atoms with van der Waals surface area (Å²) in [4.78, 5) is 12.1. The third-order valence-electron chi connectivity index (χ3n) is 3.24. The Morgan fingerprint density at radius 1 is 1.24 bits per heavy atom. The van der Waals surface area contributed by atoms with E-state index in [1.165, 1.54) is 0 Å². The van der Waals surface area contributed by atoms with Crippen LogP contribution in [-0.4, -0.2) is 16.1 Å². The Morgan fingerprint density at radius 2 is 2.05 bits per heavy atom. The van der Waals surface area contributed by atoms with Crippen molar-refractivity contribution >= 4 is 16.8 Å². The Morgan fingerprint density at radius 3 is 2.81 bits per heavy atom. The first-order valence-corrected chi connectivity index (χ1v) is 6.46. The number of benzene rings is 2. The molecule has 0 spiro atoms. The van der Waals surface area contributed by atoms with E-state index in [4.69, 9.17) is 5.26 Å². The van der Waals surface area contributed by atoms with Gasteiger partial charge in [0.15, 0.2) is 0 Å². The van der Waals surface area contributed by atoms with Gasteiger partial charge in [-0.1, -0.05) is 18.2 Å². The van der Waals surface area contributed by atoms with E-state index in [0.717, 1.165) is 16.5 Å². The van der Waals surface area contributed by atoms with Gasteiger partial charge in [0, 0.05) is 17.5 Å². The third kappa shape index (κ3) is 2.74. The minimum atomic E-state index is -0.143. The Hall–Kier alpha value is -3.13. The van der Waals surface area contributed by atoms with E-state index in [2.05, 4.69) is 21.6 Å². The highest BCUT2D eigenvalue weighted by Crippen LogP contribution is 2.13. The number of nitrogens with one attached hydrogen (secondary N) is 2. The zero-order valence-electron chi connectivity index (χ0n) is 11.1. The van der Waals surface area contributed by atoms with Gasteiger partial charge < -0.3 is 5.32 Å². The Labute approximate surface area is 121 Å². The molecule has 0 aliphatic carbocycles. The summed E-state index contributed by atoms with van der Waals surface area (Å²) in [5, 5.41) is 19.3. The summed E-state index contributed by atoms with van der Waals surface area (Å²) in [6.07, 6.45) is 1.72. The van der Waals surface area contributed by atoms with Gasteiger partial charge in [-0.25, -0.2) is 0 Å². The van der Waals surface area contributed by atoms with Gasteiger partial charge in [-0.15, -0.1) is 0 Å². The number of hydrogen-bond acceptors (Lipinski definition) is 3. The lowest BCUT2D eigenvalue weighted by molar-refractivity contribution is 0.0951. The molecule has 1 heterocycles. The lowest BCUT2D eigenvalue weighted by atomic mass is 10.1. The van der Waals surface area contributed by atoms with Crippen molar-refractivity contribution in [3.63, 3.8) is 0 Å². The number of aromatic amines is 1. The predicted octanol–water partition coefficient (Wildman–Crippen LogP) is 2.36. The molecule has 102 valence electrons. The first kappa shape index (κ1) is 12.9. The molecule has 0 atom stereocenters. The van der Waals surface area contributed by atoms with Crippen LogP contribution in [0, 0.1) is 11.3 Å². The number of fused-ring (bicyclic) bond motifs is 1. The van der Waals surface area contributed by atoms with Gasteiger partial charge in [0.05, 0.1) is 23.3 Å². The van der Waals surface area contributed by atoms with Crippen LogP contribution in [0.25, 0.3) is 10.9 Å². The Bertz CT molecular complexity index is 827. The minimum Gasteiger partial charge on any atom is -0.348 e. The normalized spacial score (nSPS) is 10.2. The van der Waals surface area contributed by atoms with Gasteiger partial charge in [0.25, 0.3) is 5.91 Å². The molecule has 0 fully saturated rings. The van der Waals surface area contributed by atoms with E-state index < -0.39 is 0 Å². The first-order valence-electron chi connectivity index (χ1n) is 6.46. The minimum absolute atomic E-state index is 0.143. The highest BCUT2D eigenvalue weighted by Gasteiger charge is 2.07. The second kappa shape index (κ2) is 5.47. The van der Waals surface area contributed by atoms with Crippen molar-refractivity contribution in [2.75, 3.05) is 0 Å². The second-order valence-electron chi connectivity index (χ2n) is 4.66. The van der Waals surface area contributed by atoms with Crippen LogP contribution in [0.4, 0.5) is 0 Å². The average molecular weight is 276 g/mol. The fourth-order valence-corrected chi connectivity index (χ4v) is 2.06. The van der Waals surface area contributed by atoms with Gasteiger partial charge >= 0.3 is 0 Å². The van der Waals surface area contributed by atoms with Crippen LogP contribution in [0.2, 0.25) is 0 Å². The molecule has 0 aliphatic heterocycles. The van der Waals surface area contributed by atoms with E-state index >= 15 is 0 Å². The standard InChI is InChI=1S/C16H12N4O/c17-8-11-1-3-12(4-2-11)9-18-16(21)13-5-6-14-10-19-20-15(14)7-13/h1-7,10H,9H2,(H,18,21)(H,19,20). The fourth-order valence-electron chi connectivity index (χ4n) is 2.06. The van der Waals surface area contributed by atoms with Crippen LogP contribution >= 0.6 is 0 Å². The summed E-state index contributed by atoms with van der Waals surface area (Å²) >= 11 is 0. The molecule has 1 aromatic heterocycles. The van der Waals surface area contributed by atoms with Crippen molar-refractivity contribution in [2.45, 2.75) is 6.54 Å². The Balaban J connectivity index is 1.69. The number of rotatable bonds is 3. The molecular formula is C16H12N4O. The molecule has 2 N–H and O–H groups in total. The summed E-state index contributed by atoms with van der Waals surface area (Å²) in [5.41, 5.74) is 2.97. The van der Waals surface area contributed by atoms with E-state index in [9.17, 15) is 4.79 Å². The molecule has 1 amide bonds. The van der Waals surface area contributed by atoms with Crippen LogP contribution < -0.4 is 5.32 Å². The lowest BCUT2D eigenvalue weighted by Crippen LogP contribution is -2.22. The molecule has 21 heavy (non-hydrogen) atoms. The van der Waals surface area contributed by atoms with E-state index in [1.807, 2.05) is 18.2 Å². The first-order chi connectivity index (χ1) is 10.3. The number of H-pyrrole nitrogens is 1. The number of carbonyl (C=O) groups is 1. The monoisotopic (exact) mass is 276 g/mol. The number of amides is 1. The molecule has 3 rings (SSSR count). The smallest absolute Gasteiger partial charge is 0.251 e. The fraction of sp³-hybridized carbons (Fsp3) is 0.0625. The van der Waals surface area contributed by atoms with Crippen molar-refractivity contribution in [3.05, 3.63) is 65.4 Å². The maximum absolute atomic E-state index is 12.1. The SMILES string of the molecule is N#Cc1ccc(CNC(=O)c2ccc3cn[nH]c3c2)cc1. The van der Waals surface area contributed by atoms with E-state index in [-0.39, 0.29) is 5.91 Å². The van der Waals surface area contributed by atoms with Gasteiger partial charge in [-0.3, -0.25) is 9.89 Å². The zero-order valence-corrected chi connectivity index (χ0v) is 11.1. The van der Waals surface area contributed by atoms with Crippen LogP contribution in [0.1, 0.15) is 21.5 Å². The number of nitrogens with zero attached hydrogens (tertiary/aromatic N) is 2. The number of carbonyl (C=O) groups excluding carboxylic acids is 1. The molecule has 2 aromatic carbocycles. The largest absolute Gasteiger partial charge is 0.348 e. The number of aromatic nitrogens is 2. The molecule has 0 radical (unpaired) electrons. The summed E-state index contributed by atoms with van der Waals surface area (Å²) in [6.45, 7) is 0.422. The van der Waals surface area contributed by atoms with Crippen molar-refractivity contribution in [1.82, 2.24) is 15.5 Å². The van der Waals surface area contributed by atoms with Gasteiger partial charge in [0.1, 0.15) is 0 Å². The molecule has 5 nitrogen and oxygen atoms in total. The summed E-state index contributed by atoms with van der Waals surface area (Å²) in [7, 11) is 0. The van der Waals surface area contributed by atoms with Crippen LogP contribution in [-0.2, 0) is 6.54 Å². The lowest BCUT2D eigenvalue weighted by Gasteiger charge is -2.05. The topological polar surface area (TPSA) is 81.6 Å². The highest BCUT2D eigenvalue weighted by atomic mass is 16.1. The van der Waals surface area contributed by atoms with Gasteiger partial charge in [-0.05, 0) is 29.8 Å². The van der Waals surface area contributed by atoms with Crippen molar-refractivity contribution < 1.29 is 4.79 Å². The highest BCUT2D eigenvalue weighted by molar-refractivity contribution is 5.97. The number of hydrogen-bond donors (Lipinski definition) is 2. The van der Waals surface area contributed by atoms with Crippen molar-refractivity contribution in [2.24, 2.45) is 0 Å². The molecule has 0 unspecified atom stereocenters. The maximum Gasteiger partial charge on any atom is 0.251 e. The van der Waals surface area contributed by atoms with Gasteiger partial charge in [-0.2, -0.15) is 10.4 Å². The average Bonchev–Trinajstić information content (AvgIpc) is 3.00. The second-order valence-corrected chi connectivity index (χ2v) is 4.66. The molecule has 0 saturated heterocycles. The predicted molar refractivity (Wildman–Crippen MR) is 78.4 cm³/mol. The van der Waals surface area contributed by atoms with Crippen molar-refractivity contribution in [3.8, 4) is 6.07 Å². The molecule has 5 heteroatoms. The van der Waals surface area contributed by atoms with E-state index in [0.29, 0.717) is 17.7 Å². The summed E-state index contributed by atoms with van der Waals surface area (Å²) in [5.74, 6) is -0.143. The molecule has 0 bridgehead atoms. The van der Waals surface area contributed by atoms with Crippen LogP contribution in [0.3, 0.4) is 0 Å². The maximum atomic E-state index is 12.1. The number of nitriles is 1. The third-order valence-corrected chi connectivity index (χ3v) is 3.24. The van der Waals surface area contributed by atoms with Crippen LogP contribution in [0.5, 0.6) is 0 Å². The van der Waals surface area contributed by atoms with E-state index in [1.54, 1.807) is 30.5 Å². The molecule has 0 aliphatic rings. The quantitative estimate of drug-likeness (QED) is 0.770. The zero-order chi connectivity index (χ0) is 14.7. The summed E-state index contributed by atoms with van der Waals surface area (Å²) < 4.78 is 0. The molecular weight excluding hydrogens is 264 g/mol. The van der Waals surface area contributed by atoms with Crippen molar-refractivity contribution in [1.29, 1.82) is 5.26 Å². The Kier molecular flexibility index (Phi) is 3.36. The van der Waals surface area contributed by atoms with Crippen LogP contribution in [0.15, 0.2) is 48.7 Å². The summed E-state index contributed by atoms with van der Waals surface area (Å²) in [6, 6.07) is 14.6. The molecule has 0 saturated carbocycles. The van der Waals surface area contributed by atoms with Gasteiger partial charge in [0.2, 0.25) is 0 Å². The molecule has 3 aromatic rings.